The fourth-order valence-electron chi connectivity index (χ4n) is 1.43. The van der Waals surface area contributed by atoms with Crippen LogP contribution in [0.25, 0.3) is 0 Å². The van der Waals surface area contributed by atoms with Crippen molar-refractivity contribution in [2.24, 2.45) is 0 Å². The van der Waals surface area contributed by atoms with Crippen LogP contribution in [0.5, 0.6) is 0 Å². The molecule has 0 saturated heterocycles. The highest BCUT2D eigenvalue weighted by atomic mass is 79.9. The zero-order valence-electron chi connectivity index (χ0n) is 8.58. The summed E-state index contributed by atoms with van der Waals surface area (Å²) in [5, 5.41) is 0. The first-order valence-electron chi connectivity index (χ1n) is 4.83. The molecule has 0 unspecified atom stereocenters. The van der Waals surface area contributed by atoms with Gasteiger partial charge in [0.15, 0.2) is 5.78 Å². The van der Waals surface area contributed by atoms with Gasteiger partial charge in [-0.1, -0.05) is 47.8 Å². The van der Waals surface area contributed by atoms with E-state index in [1.54, 1.807) is 12.1 Å². The van der Waals surface area contributed by atoms with E-state index in [9.17, 15) is 4.79 Å². The first-order valence-corrected chi connectivity index (χ1v) is 7.21. The number of hydrogen-bond acceptors (Lipinski definition) is 1. The molecule has 0 saturated carbocycles. The molecule has 2 rings (SSSR count). The Balaban J connectivity index is 2.43. The second-order valence-corrected chi connectivity index (χ2v) is 6.15. The van der Waals surface area contributed by atoms with Gasteiger partial charge in [-0.05, 0) is 42.5 Å². The lowest BCUT2D eigenvalue weighted by atomic mass is 10.0. The Bertz CT molecular complexity index is 561. The smallest absolute Gasteiger partial charge is 0.194 e. The van der Waals surface area contributed by atoms with Crippen LogP contribution in [0.1, 0.15) is 15.9 Å². The van der Waals surface area contributed by atoms with Crippen LogP contribution in [0.4, 0.5) is 0 Å². The summed E-state index contributed by atoms with van der Waals surface area (Å²) in [6, 6.07) is 12.9. The van der Waals surface area contributed by atoms with Crippen LogP contribution in [0.3, 0.4) is 0 Å². The number of hydrogen-bond donors (Lipinski definition) is 0. The van der Waals surface area contributed by atoms with Crippen molar-refractivity contribution in [1.29, 1.82) is 0 Å². The lowest BCUT2D eigenvalue weighted by Crippen LogP contribution is -2.02. The average Bonchev–Trinajstić information content (AvgIpc) is 2.32. The van der Waals surface area contributed by atoms with Gasteiger partial charge in [0.1, 0.15) is 0 Å². The predicted octanol–water partition coefficient (Wildman–Crippen LogP) is 5.21. The zero-order valence-corrected chi connectivity index (χ0v) is 13.3. The van der Waals surface area contributed by atoms with E-state index in [2.05, 4.69) is 47.8 Å². The third-order valence-corrected chi connectivity index (χ3v) is 3.99. The normalized spacial score (nSPS) is 10.3. The molecule has 0 bridgehead atoms. The summed E-state index contributed by atoms with van der Waals surface area (Å²) in [5.74, 6) is 0.00525. The number of benzene rings is 2. The van der Waals surface area contributed by atoms with Crippen LogP contribution in [0.15, 0.2) is 55.9 Å². The predicted molar refractivity (Wildman–Crippen MR) is 79.4 cm³/mol. The molecule has 2 aromatic rings. The minimum atomic E-state index is 0.00525. The molecule has 2 aromatic carbocycles. The van der Waals surface area contributed by atoms with E-state index in [1.165, 1.54) is 0 Å². The Kier molecular flexibility index (Phi) is 4.17. The quantitative estimate of drug-likeness (QED) is 0.612. The molecule has 0 spiro atoms. The maximum atomic E-state index is 12.3. The number of rotatable bonds is 2. The second kappa shape index (κ2) is 5.46. The highest BCUT2D eigenvalue weighted by Gasteiger charge is 2.12. The van der Waals surface area contributed by atoms with Gasteiger partial charge in [-0.2, -0.15) is 0 Å². The largest absolute Gasteiger partial charge is 0.289 e. The van der Waals surface area contributed by atoms with E-state index in [1.807, 2.05) is 30.3 Å². The monoisotopic (exact) mass is 416 g/mol. The Labute approximate surface area is 125 Å². The Morgan fingerprint density at radius 2 is 1.41 bits per heavy atom. The molecule has 0 aliphatic carbocycles. The third kappa shape index (κ3) is 3.06. The van der Waals surface area contributed by atoms with Crippen LogP contribution < -0.4 is 0 Å². The highest BCUT2D eigenvalue weighted by molar-refractivity contribution is 9.11. The van der Waals surface area contributed by atoms with Gasteiger partial charge in [-0.25, -0.2) is 0 Å². The molecule has 0 atom stereocenters. The van der Waals surface area contributed by atoms with Crippen molar-refractivity contribution in [2.75, 3.05) is 0 Å². The van der Waals surface area contributed by atoms with Crippen molar-refractivity contribution in [3.8, 4) is 0 Å². The molecule has 0 heterocycles. The number of carbonyl (C=O) groups excluding carboxylic acids is 1. The molecule has 1 nitrogen and oxygen atoms in total. The number of ketones is 1. The van der Waals surface area contributed by atoms with Gasteiger partial charge >= 0.3 is 0 Å². The summed E-state index contributed by atoms with van der Waals surface area (Å²) in [7, 11) is 0. The molecule has 0 aromatic heterocycles. The fraction of sp³-hybridized carbons (Fsp3) is 0. The van der Waals surface area contributed by atoms with E-state index < -0.39 is 0 Å². The Morgan fingerprint density at radius 1 is 0.824 bits per heavy atom. The van der Waals surface area contributed by atoms with E-state index in [0.29, 0.717) is 11.1 Å². The van der Waals surface area contributed by atoms with E-state index >= 15 is 0 Å². The first-order chi connectivity index (χ1) is 8.08. The van der Waals surface area contributed by atoms with Gasteiger partial charge < -0.3 is 0 Å². The van der Waals surface area contributed by atoms with Gasteiger partial charge in [0.05, 0.1) is 0 Å². The lowest BCUT2D eigenvalue weighted by molar-refractivity contribution is 0.103. The van der Waals surface area contributed by atoms with Crippen LogP contribution in [-0.2, 0) is 0 Å². The number of carbonyl (C=O) groups is 1. The van der Waals surface area contributed by atoms with Crippen LogP contribution >= 0.6 is 47.8 Å². The van der Waals surface area contributed by atoms with Crippen molar-refractivity contribution < 1.29 is 4.79 Å². The van der Waals surface area contributed by atoms with Crippen LogP contribution in [0.2, 0.25) is 0 Å². The summed E-state index contributed by atoms with van der Waals surface area (Å²) in [6.45, 7) is 0. The molecular weight excluding hydrogens is 412 g/mol. The maximum absolute atomic E-state index is 12.3. The summed E-state index contributed by atoms with van der Waals surface area (Å²) in [6.07, 6.45) is 0. The SMILES string of the molecule is O=C(c1ccc(Br)cc1)c1cc(Br)ccc1Br. The van der Waals surface area contributed by atoms with Crippen LogP contribution in [-0.4, -0.2) is 5.78 Å². The molecule has 0 radical (unpaired) electrons. The topological polar surface area (TPSA) is 17.1 Å². The van der Waals surface area contributed by atoms with Gasteiger partial charge in [-0.15, -0.1) is 0 Å². The molecular formula is C13H7Br3O. The summed E-state index contributed by atoms with van der Waals surface area (Å²) in [5.41, 5.74) is 1.33. The molecule has 0 amide bonds. The van der Waals surface area contributed by atoms with Crippen molar-refractivity contribution in [2.45, 2.75) is 0 Å². The minimum Gasteiger partial charge on any atom is -0.289 e. The highest BCUT2D eigenvalue weighted by Crippen LogP contribution is 2.24. The van der Waals surface area contributed by atoms with Gasteiger partial charge in [0.2, 0.25) is 0 Å². The molecule has 0 aliphatic heterocycles. The standard InChI is InChI=1S/C13H7Br3O/c14-9-3-1-8(2-4-9)13(17)11-7-10(15)5-6-12(11)16/h1-7H. The van der Waals surface area contributed by atoms with Gasteiger partial charge in [0.25, 0.3) is 0 Å². The third-order valence-electron chi connectivity index (χ3n) is 2.28. The molecule has 0 N–H and O–H groups in total. The molecule has 0 fully saturated rings. The van der Waals surface area contributed by atoms with Crippen molar-refractivity contribution in [1.82, 2.24) is 0 Å². The Morgan fingerprint density at radius 3 is 2.06 bits per heavy atom. The van der Waals surface area contributed by atoms with E-state index in [-0.39, 0.29) is 5.78 Å². The maximum Gasteiger partial charge on any atom is 0.194 e. The summed E-state index contributed by atoms with van der Waals surface area (Å²) >= 11 is 10.1. The van der Waals surface area contributed by atoms with Crippen LogP contribution in [0, 0.1) is 0 Å². The molecule has 4 heteroatoms. The second-order valence-electron chi connectivity index (χ2n) is 3.46. The first kappa shape index (κ1) is 13.0. The van der Waals surface area contributed by atoms with Crippen molar-refractivity contribution in [3.63, 3.8) is 0 Å². The molecule has 0 aliphatic rings. The van der Waals surface area contributed by atoms with E-state index in [4.69, 9.17) is 0 Å². The average molecular weight is 419 g/mol. The Hall–Kier alpha value is -0.450. The molecule has 86 valence electrons. The lowest BCUT2D eigenvalue weighted by Gasteiger charge is -2.04. The van der Waals surface area contributed by atoms with Gasteiger partial charge in [-0.3, -0.25) is 4.79 Å². The van der Waals surface area contributed by atoms with Crippen molar-refractivity contribution >= 4 is 53.6 Å². The van der Waals surface area contributed by atoms with Gasteiger partial charge in [0, 0.05) is 24.5 Å². The van der Waals surface area contributed by atoms with Crippen molar-refractivity contribution in [3.05, 3.63) is 67.0 Å². The summed E-state index contributed by atoms with van der Waals surface area (Å²) in [4.78, 5) is 12.3. The summed E-state index contributed by atoms with van der Waals surface area (Å²) < 4.78 is 2.65. The zero-order chi connectivity index (χ0) is 12.4. The number of halogens is 3. The minimum absolute atomic E-state index is 0.00525. The van der Waals surface area contributed by atoms with E-state index in [0.717, 1.165) is 13.4 Å². The fourth-order valence-corrected chi connectivity index (χ4v) is 2.48. The molecule has 17 heavy (non-hydrogen) atoms.